The van der Waals surface area contributed by atoms with Crippen molar-refractivity contribution < 1.29 is 23.0 Å². The van der Waals surface area contributed by atoms with Crippen molar-refractivity contribution in [2.24, 2.45) is 0 Å². The smallest absolute Gasteiger partial charge is 0.387 e. The number of hydrogen-bond acceptors (Lipinski definition) is 3. The maximum atomic E-state index is 12.4. The standard InChI is InChI=1S/C19H19F2NO3/c1-2-24-17-12-14(8-10-16(17)25-19(20)21)9-11-18(23)22-13-15-6-4-3-5-7-15/h3-12,19H,2,13H2,1H3,(H,22,23)/b11-9+. The van der Waals surface area contributed by atoms with Gasteiger partial charge in [0, 0.05) is 12.6 Å². The molecule has 0 aliphatic rings. The van der Waals surface area contributed by atoms with E-state index in [-0.39, 0.29) is 17.4 Å². The molecule has 1 N–H and O–H groups in total. The average Bonchev–Trinajstić information content (AvgIpc) is 2.61. The first kappa shape index (κ1) is 18.4. The molecular formula is C19H19F2NO3. The van der Waals surface area contributed by atoms with E-state index >= 15 is 0 Å². The van der Waals surface area contributed by atoms with Crippen LogP contribution in [-0.4, -0.2) is 19.1 Å². The normalized spacial score (nSPS) is 10.9. The highest BCUT2D eigenvalue weighted by Crippen LogP contribution is 2.30. The van der Waals surface area contributed by atoms with Crippen LogP contribution in [0.4, 0.5) is 8.78 Å². The van der Waals surface area contributed by atoms with E-state index in [1.165, 1.54) is 12.1 Å². The van der Waals surface area contributed by atoms with Gasteiger partial charge in [-0.05, 0) is 36.3 Å². The number of hydrogen-bond donors (Lipinski definition) is 1. The Balaban J connectivity index is 1.99. The number of nitrogens with one attached hydrogen (secondary N) is 1. The number of carbonyl (C=O) groups is 1. The lowest BCUT2D eigenvalue weighted by Crippen LogP contribution is -2.20. The molecule has 25 heavy (non-hydrogen) atoms. The summed E-state index contributed by atoms with van der Waals surface area (Å²) in [6.07, 6.45) is 2.96. The van der Waals surface area contributed by atoms with E-state index in [2.05, 4.69) is 10.1 Å². The molecule has 0 unspecified atom stereocenters. The van der Waals surface area contributed by atoms with Gasteiger partial charge in [0.05, 0.1) is 6.61 Å². The Bertz CT molecular complexity index is 718. The number of carbonyl (C=O) groups excluding carboxylic acids is 1. The monoisotopic (exact) mass is 347 g/mol. The summed E-state index contributed by atoms with van der Waals surface area (Å²) < 4.78 is 34.5. The van der Waals surface area contributed by atoms with Gasteiger partial charge >= 0.3 is 6.61 Å². The molecule has 0 aromatic heterocycles. The zero-order valence-electron chi connectivity index (χ0n) is 13.7. The predicted molar refractivity (Wildman–Crippen MR) is 91.6 cm³/mol. The van der Waals surface area contributed by atoms with Crippen LogP contribution < -0.4 is 14.8 Å². The maximum absolute atomic E-state index is 12.4. The van der Waals surface area contributed by atoms with Crippen LogP contribution in [0.1, 0.15) is 18.1 Å². The Labute approximate surface area is 145 Å². The highest BCUT2D eigenvalue weighted by Gasteiger charge is 2.11. The lowest BCUT2D eigenvalue weighted by molar-refractivity contribution is -0.116. The second kappa shape index (κ2) is 9.42. The van der Waals surface area contributed by atoms with Crippen molar-refractivity contribution in [3.8, 4) is 11.5 Å². The summed E-state index contributed by atoms with van der Waals surface area (Å²) in [6.45, 7) is -0.449. The van der Waals surface area contributed by atoms with Crippen molar-refractivity contribution in [3.05, 3.63) is 65.7 Å². The Morgan fingerprint density at radius 2 is 1.92 bits per heavy atom. The van der Waals surface area contributed by atoms with Crippen molar-refractivity contribution in [1.29, 1.82) is 0 Å². The zero-order valence-corrected chi connectivity index (χ0v) is 13.7. The minimum absolute atomic E-state index is 0.0393. The first-order valence-electron chi connectivity index (χ1n) is 7.80. The minimum atomic E-state index is -2.93. The molecule has 6 heteroatoms. The fourth-order valence-electron chi connectivity index (χ4n) is 2.11. The van der Waals surface area contributed by atoms with E-state index in [1.807, 2.05) is 30.3 Å². The quantitative estimate of drug-likeness (QED) is 0.734. The number of rotatable bonds is 8. The summed E-state index contributed by atoms with van der Waals surface area (Å²) in [5.41, 5.74) is 1.64. The first-order valence-corrected chi connectivity index (χ1v) is 7.80. The lowest BCUT2D eigenvalue weighted by Gasteiger charge is -2.11. The van der Waals surface area contributed by atoms with Gasteiger partial charge in [-0.25, -0.2) is 0 Å². The van der Waals surface area contributed by atoms with Gasteiger partial charge in [0.2, 0.25) is 5.91 Å². The number of benzene rings is 2. The molecule has 1 amide bonds. The molecule has 0 heterocycles. The second-order valence-corrected chi connectivity index (χ2v) is 5.05. The van der Waals surface area contributed by atoms with Gasteiger partial charge in [-0.3, -0.25) is 4.79 Å². The van der Waals surface area contributed by atoms with E-state index in [0.717, 1.165) is 5.56 Å². The Morgan fingerprint density at radius 1 is 1.16 bits per heavy atom. The molecule has 4 nitrogen and oxygen atoms in total. The second-order valence-electron chi connectivity index (χ2n) is 5.05. The Hall–Kier alpha value is -2.89. The summed E-state index contributed by atoms with van der Waals surface area (Å²) in [5, 5.41) is 2.77. The summed E-state index contributed by atoms with van der Waals surface area (Å²) in [4.78, 5) is 11.9. The van der Waals surface area contributed by atoms with Gasteiger partial charge in [0.15, 0.2) is 11.5 Å². The molecule has 2 aromatic carbocycles. The number of alkyl halides is 2. The first-order chi connectivity index (χ1) is 12.1. The molecule has 0 fully saturated rings. The summed E-state index contributed by atoms with van der Waals surface area (Å²) >= 11 is 0. The molecule has 0 saturated carbocycles. The van der Waals surface area contributed by atoms with Crippen molar-refractivity contribution in [3.63, 3.8) is 0 Å². The van der Waals surface area contributed by atoms with E-state index in [9.17, 15) is 13.6 Å². The number of ether oxygens (including phenoxy) is 2. The molecule has 0 bridgehead atoms. The number of amides is 1. The Kier molecular flexibility index (Phi) is 6.95. The minimum Gasteiger partial charge on any atom is -0.490 e. The van der Waals surface area contributed by atoms with Crippen molar-refractivity contribution in [1.82, 2.24) is 5.32 Å². The van der Waals surface area contributed by atoms with Crippen molar-refractivity contribution in [2.75, 3.05) is 6.61 Å². The van der Waals surface area contributed by atoms with Crippen LogP contribution in [-0.2, 0) is 11.3 Å². The Morgan fingerprint density at radius 3 is 2.60 bits per heavy atom. The molecule has 132 valence electrons. The highest BCUT2D eigenvalue weighted by atomic mass is 19.3. The molecule has 2 aromatic rings. The lowest BCUT2D eigenvalue weighted by atomic mass is 10.2. The van der Waals surface area contributed by atoms with Gasteiger partial charge < -0.3 is 14.8 Å². The fourth-order valence-corrected chi connectivity index (χ4v) is 2.11. The third-order valence-corrected chi connectivity index (χ3v) is 3.22. The maximum Gasteiger partial charge on any atom is 0.387 e. The van der Waals surface area contributed by atoms with Crippen LogP contribution in [0.3, 0.4) is 0 Å². The topological polar surface area (TPSA) is 47.6 Å². The summed E-state index contributed by atoms with van der Waals surface area (Å²) in [7, 11) is 0. The van der Waals surface area contributed by atoms with Crippen molar-refractivity contribution >= 4 is 12.0 Å². The van der Waals surface area contributed by atoms with E-state index in [4.69, 9.17) is 4.74 Å². The largest absolute Gasteiger partial charge is 0.490 e. The van der Waals surface area contributed by atoms with Crippen LogP contribution in [0, 0.1) is 0 Å². The van der Waals surface area contributed by atoms with Crippen LogP contribution >= 0.6 is 0 Å². The molecule has 0 aliphatic heterocycles. The summed E-state index contributed by atoms with van der Waals surface area (Å²) in [5.74, 6) is -0.0908. The van der Waals surface area contributed by atoms with Gasteiger partial charge in [0.25, 0.3) is 0 Å². The van der Waals surface area contributed by atoms with Crippen LogP contribution in [0.25, 0.3) is 6.08 Å². The van der Waals surface area contributed by atoms with Gasteiger partial charge in [-0.15, -0.1) is 0 Å². The highest BCUT2D eigenvalue weighted by molar-refractivity contribution is 5.91. The van der Waals surface area contributed by atoms with Gasteiger partial charge in [0.1, 0.15) is 0 Å². The van der Waals surface area contributed by atoms with Gasteiger partial charge in [-0.2, -0.15) is 8.78 Å². The third kappa shape index (κ3) is 6.25. The molecular weight excluding hydrogens is 328 g/mol. The molecule has 0 atom stereocenters. The SMILES string of the molecule is CCOc1cc(/C=C/C(=O)NCc2ccccc2)ccc1OC(F)F. The molecule has 0 saturated heterocycles. The molecule has 0 radical (unpaired) electrons. The van der Waals surface area contributed by atoms with Crippen LogP contribution in [0.15, 0.2) is 54.6 Å². The van der Waals surface area contributed by atoms with E-state index in [0.29, 0.717) is 18.7 Å². The van der Waals surface area contributed by atoms with Crippen molar-refractivity contribution in [2.45, 2.75) is 20.1 Å². The molecule has 0 spiro atoms. The molecule has 0 aliphatic carbocycles. The van der Waals surface area contributed by atoms with Gasteiger partial charge in [-0.1, -0.05) is 36.4 Å². The fraction of sp³-hybridized carbons (Fsp3) is 0.211. The van der Waals surface area contributed by atoms with E-state index in [1.54, 1.807) is 25.1 Å². The number of halogens is 2. The molecule has 2 rings (SSSR count). The average molecular weight is 347 g/mol. The third-order valence-electron chi connectivity index (χ3n) is 3.22. The van der Waals surface area contributed by atoms with E-state index < -0.39 is 6.61 Å². The zero-order chi connectivity index (χ0) is 18.1. The van der Waals surface area contributed by atoms with Crippen LogP contribution in [0.2, 0.25) is 0 Å². The summed E-state index contributed by atoms with van der Waals surface area (Å²) in [6, 6.07) is 14.0. The van der Waals surface area contributed by atoms with Crippen LogP contribution in [0.5, 0.6) is 11.5 Å². The predicted octanol–water partition coefficient (Wildman–Crippen LogP) is 4.02.